The Hall–Kier alpha value is -1.06. The summed E-state index contributed by atoms with van der Waals surface area (Å²) in [5.41, 5.74) is 2.79. The number of likely N-dealkylation sites (N-methyl/N-ethyl adjacent to an activating group) is 1. The number of benzene rings is 1. The Kier molecular flexibility index (Phi) is 6.35. The first kappa shape index (κ1) is 16.8. The molecule has 3 rings (SSSR count). The van der Waals surface area contributed by atoms with Crippen LogP contribution >= 0.6 is 0 Å². The van der Waals surface area contributed by atoms with Gasteiger partial charge in [0, 0.05) is 38.4 Å². The van der Waals surface area contributed by atoms with Gasteiger partial charge in [-0.15, -0.1) is 0 Å². The van der Waals surface area contributed by atoms with Gasteiger partial charge in [0.2, 0.25) is 0 Å². The molecule has 1 saturated carbocycles. The van der Waals surface area contributed by atoms with Gasteiger partial charge in [-0.25, -0.2) is 0 Å². The molecule has 1 aromatic carbocycles. The summed E-state index contributed by atoms with van der Waals surface area (Å²) >= 11 is 0. The average Bonchev–Trinajstić information content (AvgIpc) is 2.61. The first-order chi connectivity index (χ1) is 11.3. The van der Waals surface area contributed by atoms with Crippen LogP contribution in [-0.2, 0) is 6.54 Å². The maximum absolute atomic E-state index is 3.63. The van der Waals surface area contributed by atoms with E-state index in [1.165, 1.54) is 69.4 Å². The molecule has 0 amide bonds. The van der Waals surface area contributed by atoms with E-state index in [9.17, 15) is 0 Å². The molecule has 0 atom stereocenters. The van der Waals surface area contributed by atoms with Gasteiger partial charge in [-0.2, -0.15) is 0 Å². The van der Waals surface area contributed by atoms with Gasteiger partial charge in [-0.1, -0.05) is 44.2 Å². The first-order valence-corrected chi connectivity index (χ1v) is 9.54. The second-order valence-electron chi connectivity index (χ2n) is 7.43. The van der Waals surface area contributed by atoms with E-state index in [0.717, 1.165) is 25.6 Å². The van der Waals surface area contributed by atoms with E-state index < -0.39 is 0 Å². The van der Waals surface area contributed by atoms with Crippen molar-refractivity contribution < 1.29 is 0 Å². The quantitative estimate of drug-likeness (QED) is 0.811. The molecule has 1 aliphatic heterocycles. The fourth-order valence-electron chi connectivity index (χ4n) is 3.90. The Bertz CT molecular complexity index is 442. The van der Waals surface area contributed by atoms with E-state index in [2.05, 4.69) is 46.4 Å². The minimum Gasteiger partial charge on any atom is -0.369 e. The summed E-state index contributed by atoms with van der Waals surface area (Å²) in [7, 11) is 2.21. The van der Waals surface area contributed by atoms with E-state index in [0.29, 0.717) is 0 Å². The van der Waals surface area contributed by atoms with Crippen molar-refractivity contribution in [3.63, 3.8) is 0 Å². The van der Waals surface area contributed by atoms with Crippen molar-refractivity contribution >= 4 is 5.69 Å². The first-order valence-electron chi connectivity index (χ1n) is 9.54. The Morgan fingerprint density at radius 2 is 1.65 bits per heavy atom. The van der Waals surface area contributed by atoms with Crippen LogP contribution in [0.1, 0.15) is 44.1 Å². The highest BCUT2D eigenvalue weighted by Gasteiger charge is 2.14. The van der Waals surface area contributed by atoms with Crippen LogP contribution in [-0.4, -0.2) is 44.7 Å². The summed E-state index contributed by atoms with van der Waals surface area (Å²) in [6, 6.07) is 9.18. The monoisotopic (exact) mass is 315 g/mol. The highest BCUT2D eigenvalue weighted by Crippen LogP contribution is 2.25. The summed E-state index contributed by atoms with van der Waals surface area (Å²) in [5, 5.41) is 3.63. The van der Waals surface area contributed by atoms with Gasteiger partial charge in [0.1, 0.15) is 0 Å². The SMILES string of the molecule is CN1CCN(c2ccc(CNCCC3CCCCC3)cc2)CC1. The highest BCUT2D eigenvalue weighted by molar-refractivity contribution is 5.48. The molecule has 0 radical (unpaired) electrons. The van der Waals surface area contributed by atoms with Gasteiger partial charge < -0.3 is 15.1 Å². The normalized spacial score (nSPS) is 20.8. The summed E-state index contributed by atoms with van der Waals surface area (Å²) in [4.78, 5) is 4.90. The number of anilines is 1. The maximum Gasteiger partial charge on any atom is 0.0367 e. The minimum atomic E-state index is 0.982. The third-order valence-electron chi connectivity index (χ3n) is 5.59. The summed E-state index contributed by atoms with van der Waals surface area (Å²) in [5.74, 6) is 0.982. The summed E-state index contributed by atoms with van der Waals surface area (Å²) < 4.78 is 0. The van der Waals surface area contributed by atoms with Crippen molar-refractivity contribution in [3.8, 4) is 0 Å². The topological polar surface area (TPSA) is 18.5 Å². The van der Waals surface area contributed by atoms with Crippen LogP contribution in [0.15, 0.2) is 24.3 Å². The molecule has 2 fully saturated rings. The fourth-order valence-corrected chi connectivity index (χ4v) is 3.90. The molecular formula is C20H33N3. The van der Waals surface area contributed by atoms with Crippen LogP contribution in [0.3, 0.4) is 0 Å². The molecule has 1 saturated heterocycles. The van der Waals surface area contributed by atoms with Crippen molar-refractivity contribution in [2.75, 3.05) is 44.7 Å². The van der Waals surface area contributed by atoms with Crippen molar-refractivity contribution in [1.82, 2.24) is 10.2 Å². The summed E-state index contributed by atoms with van der Waals surface area (Å²) in [6.45, 7) is 6.82. The predicted molar refractivity (Wildman–Crippen MR) is 99.1 cm³/mol. The lowest BCUT2D eigenvalue weighted by molar-refractivity contribution is 0.313. The fraction of sp³-hybridized carbons (Fsp3) is 0.700. The number of nitrogens with zero attached hydrogens (tertiary/aromatic N) is 2. The van der Waals surface area contributed by atoms with Crippen molar-refractivity contribution in [2.24, 2.45) is 5.92 Å². The van der Waals surface area contributed by atoms with Gasteiger partial charge in [0.05, 0.1) is 0 Å². The third kappa shape index (κ3) is 5.22. The molecule has 3 heteroatoms. The second kappa shape index (κ2) is 8.70. The molecule has 1 aliphatic carbocycles. The van der Waals surface area contributed by atoms with E-state index in [1.807, 2.05) is 0 Å². The second-order valence-corrected chi connectivity index (χ2v) is 7.43. The smallest absolute Gasteiger partial charge is 0.0367 e. The largest absolute Gasteiger partial charge is 0.369 e. The Morgan fingerprint density at radius 1 is 0.957 bits per heavy atom. The van der Waals surface area contributed by atoms with Crippen molar-refractivity contribution in [2.45, 2.75) is 45.1 Å². The summed E-state index contributed by atoms with van der Waals surface area (Å²) in [6.07, 6.45) is 8.66. The number of rotatable bonds is 6. The molecule has 128 valence electrons. The molecular weight excluding hydrogens is 282 g/mol. The van der Waals surface area contributed by atoms with Gasteiger partial charge in [0.15, 0.2) is 0 Å². The van der Waals surface area contributed by atoms with Crippen LogP contribution in [0.5, 0.6) is 0 Å². The van der Waals surface area contributed by atoms with Gasteiger partial charge >= 0.3 is 0 Å². The molecule has 0 spiro atoms. The Balaban J connectivity index is 1.37. The molecule has 0 bridgehead atoms. The van der Waals surface area contributed by atoms with E-state index in [-0.39, 0.29) is 0 Å². The molecule has 2 aliphatic rings. The number of piperazine rings is 1. The van der Waals surface area contributed by atoms with Crippen molar-refractivity contribution in [1.29, 1.82) is 0 Å². The zero-order chi connectivity index (χ0) is 15.9. The van der Waals surface area contributed by atoms with Crippen LogP contribution in [0.25, 0.3) is 0 Å². The van der Waals surface area contributed by atoms with Gasteiger partial charge in [-0.3, -0.25) is 0 Å². The Morgan fingerprint density at radius 3 is 2.35 bits per heavy atom. The van der Waals surface area contributed by atoms with Crippen LogP contribution in [0.4, 0.5) is 5.69 Å². The van der Waals surface area contributed by atoms with E-state index >= 15 is 0 Å². The molecule has 0 unspecified atom stereocenters. The van der Waals surface area contributed by atoms with Gasteiger partial charge in [0.25, 0.3) is 0 Å². The van der Waals surface area contributed by atoms with E-state index in [1.54, 1.807) is 0 Å². The number of hydrogen-bond acceptors (Lipinski definition) is 3. The molecule has 1 aromatic rings. The Labute approximate surface area is 142 Å². The molecule has 0 aromatic heterocycles. The molecule has 1 heterocycles. The lowest BCUT2D eigenvalue weighted by Crippen LogP contribution is -2.44. The standard InChI is InChI=1S/C20H33N3/c1-22-13-15-23(16-14-22)20-9-7-19(8-10-20)17-21-12-11-18-5-3-2-4-6-18/h7-10,18,21H,2-6,11-17H2,1H3. The lowest BCUT2D eigenvalue weighted by Gasteiger charge is -2.34. The third-order valence-corrected chi connectivity index (χ3v) is 5.59. The lowest BCUT2D eigenvalue weighted by atomic mass is 9.87. The molecule has 1 N–H and O–H groups in total. The van der Waals surface area contributed by atoms with Crippen LogP contribution in [0, 0.1) is 5.92 Å². The number of nitrogens with one attached hydrogen (secondary N) is 1. The number of hydrogen-bond donors (Lipinski definition) is 1. The zero-order valence-corrected chi connectivity index (χ0v) is 14.8. The highest BCUT2D eigenvalue weighted by atomic mass is 15.2. The predicted octanol–water partition coefficient (Wildman–Crippen LogP) is 3.50. The van der Waals surface area contributed by atoms with Crippen molar-refractivity contribution in [3.05, 3.63) is 29.8 Å². The maximum atomic E-state index is 3.63. The molecule has 23 heavy (non-hydrogen) atoms. The molecule has 3 nitrogen and oxygen atoms in total. The van der Waals surface area contributed by atoms with Crippen LogP contribution in [0.2, 0.25) is 0 Å². The van der Waals surface area contributed by atoms with Gasteiger partial charge in [-0.05, 0) is 43.6 Å². The zero-order valence-electron chi connectivity index (χ0n) is 14.8. The minimum absolute atomic E-state index is 0.982. The average molecular weight is 316 g/mol. The van der Waals surface area contributed by atoms with E-state index in [4.69, 9.17) is 0 Å². The van der Waals surface area contributed by atoms with Crippen LogP contribution < -0.4 is 10.2 Å².